The van der Waals surface area contributed by atoms with Crippen molar-refractivity contribution in [2.45, 2.75) is 26.2 Å². The molecule has 0 radical (unpaired) electrons. The summed E-state index contributed by atoms with van der Waals surface area (Å²) in [5.41, 5.74) is 0.537. The first-order valence-electron chi connectivity index (χ1n) is 7.06. The first-order chi connectivity index (χ1) is 10.4. The summed E-state index contributed by atoms with van der Waals surface area (Å²) in [5, 5.41) is 9.61. The molecule has 1 unspecified atom stereocenters. The lowest BCUT2D eigenvalue weighted by Crippen LogP contribution is -2.45. The smallest absolute Gasteiger partial charge is 0.331 e. The van der Waals surface area contributed by atoms with Crippen LogP contribution in [-0.2, 0) is 19.1 Å². The van der Waals surface area contributed by atoms with Gasteiger partial charge in [0.05, 0.1) is 6.54 Å². The SMILES string of the molecule is COC(CN(C(=O)C(C)C)C(C(=O)O)c1ccccc1)OC. The lowest BCUT2D eigenvalue weighted by atomic mass is 10.0. The molecule has 0 saturated heterocycles. The zero-order valence-corrected chi connectivity index (χ0v) is 13.4. The number of carbonyl (C=O) groups is 2. The van der Waals surface area contributed by atoms with Crippen molar-refractivity contribution in [2.24, 2.45) is 5.92 Å². The van der Waals surface area contributed by atoms with E-state index in [-0.39, 0.29) is 18.4 Å². The van der Waals surface area contributed by atoms with Crippen LogP contribution in [0.3, 0.4) is 0 Å². The lowest BCUT2D eigenvalue weighted by Gasteiger charge is -2.32. The monoisotopic (exact) mass is 309 g/mol. The van der Waals surface area contributed by atoms with Crippen LogP contribution in [0.2, 0.25) is 0 Å². The highest BCUT2D eigenvalue weighted by atomic mass is 16.7. The summed E-state index contributed by atoms with van der Waals surface area (Å²) in [7, 11) is 2.90. The Morgan fingerprint density at radius 2 is 1.68 bits per heavy atom. The fourth-order valence-corrected chi connectivity index (χ4v) is 2.15. The molecule has 0 aliphatic rings. The van der Waals surface area contributed by atoms with Gasteiger partial charge in [0.1, 0.15) is 0 Å². The third-order valence-corrected chi connectivity index (χ3v) is 3.31. The highest BCUT2D eigenvalue weighted by molar-refractivity contribution is 5.85. The molecular weight excluding hydrogens is 286 g/mol. The van der Waals surface area contributed by atoms with E-state index in [1.54, 1.807) is 44.2 Å². The normalized spacial score (nSPS) is 12.5. The molecule has 6 heteroatoms. The summed E-state index contributed by atoms with van der Waals surface area (Å²) in [6.45, 7) is 3.50. The van der Waals surface area contributed by atoms with Gasteiger partial charge in [-0.3, -0.25) is 4.79 Å². The number of ether oxygens (including phenoxy) is 2. The molecule has 1 aromatic rings. The minimum Gasteiger partial charge on any atom is -0.479 e. The van der Waals surface area contributed by atoms with Crippen LogP contribution in [-0.4, -0.2) is 48.9 Å². The molecule has 0 aromatic heterocycles. The number of hydrogen-bond donors (Lipinski definition) is 1. The third-order valence-electron chi connectivity index (χ3n) is 3.31. The van der Waals surface area contributed by atoms with Crippen LogP contribution in [0.15, 0.2) is 30.3 Å². The number of nitrogens with zero attached hydrogens (tertiary/aromatic N) is 1. The second-order valence-electron chi connectivity index (χ2n) is 5.20. The molecule has 0 fully saturated rings. The fraction of sp³-hybridized carbons (Fsp3) is 0.500. The van der Waals surface area contributed by atoms with Crippen LogP contribution in [0.1, 0.15) is 25.5 Å². The molecule has 0 heterocycles. The molecule has 1 aromatic carbocycles. The number of aliphatic carboxylic acids is 1. The first-order valence-corrected chi connectivity index (χ1v) is 7.06. The van der Waals surface area contributed by atoms with Crippen LogP contribution >= 0.6 is 0 Å². The molecule has 1 rings (SSSR count). The first kappa shape index (κ1) is 18.1. The van der Waals surface area contributed by atoms with Gasteiger partial charge < -0.3 is 19.5 Å². The molecule has 0 aliphatic heterocycles. The van der Waals surface area contributed by atoms with E-state index in [9.17, 15) is 14.7 Å². The van der Waals surface area contributed by atoms with Gasteiger partial charge in [-0.1, -0.05) is 44.2 Å². The minimum absolute atomic E-state index is 0.0376. The van der Waals surface area contributed by atoms with E-state index in [4.69, 9.17) is 9.47 Å². The molecule has 1 N–H and O–H groups in total. The van der Waals surface area contributed by atoms with Crippen LogP contribution in [0, 0.1) is 5.92 Å². The molecule has 0 aliphatic carbocycles. The Bertz CT molecular complexity index is 485. The predicted molar refractivity (Wildman–Crippen MR) is 81.2 cm³/mol. The summed E-state index contributed by atoms with van der Waals surface area (Å²) in [6.07, 6.45) is -0.687. The third kappa shape index (κ3) is 4.54. The standard InChI is InChI=1S/C16H23NO5/c1-11(2)15(18)17(10-13(21-3)22-4)14(16(19)20)12-8-6-5-7-9-12/h5-9,11,13-14H,10H2,1-4H3,(H,19,20). The molecule has 1 atom stereocenters. The summed E-state index contributed by atoms with van der Waals surface area (Å²) in [4.78, 5) is 25.5. The Balaban J connectivity index is 3.20. The van der Waals surface area contributed by atoms with E-state index in [0.717, 1.165) is 0 Å². The minimum atomic E-state index is -1.09. The van der Waals surface area contributed by atoms with Crippen molar-refractivity contribution in [3.63, 3.8) is 0 Å². The Morgan fingerprint density at radius 1 is 1.14 bits per heavy atom. The Kier molecular flexibility index (Phi) is 7.01. The summed E-state index contributed by atoms with van der Waals surface area (Å²) in [6, 6.07) is 7.58. The summed E-state index contributed by atoms with van der Waals surface area (Å²) >= 11 is 0. The van der Waals surface area contributed by atoms with Crippen LogP contribution in [0.25, 0.3) is 0 Å². The average Bonchev–Trinajstić information content (AvgIpc) is 2.51. The lowest BCUT2D eigenvalue weighted by molar-refractivity contribution is -0.162. The van der Waals surface area contributed by atoms with E-state index >= 15 is 0 Å². The quantitative estimate of drug-likeness (QED) is 0.742. The number of methoxy groups -OCH3 is 2. The molecule has 22 heavy (non-hydrogen) atoms. The molecule has 0 bridgehead atoms. The number of amides is 1. The van der Waals surface area contributed by atoms with Crippen molar-refractivity contribution >= 4 is 11.9 Å². The molecular formula is C16H23NO5. The molecule has 0 spiro atoms. The Morgan fingerprint density at radius 3 is 2.09 bits per heavy atom. The largest absolute Gasteiger partial charge is 0.479 e. The molecule has 0 saturated carbocycles. The van der Waals surface area contributed by atoms with Crippen LogP contribution in [0.4, 0.5) is 0 Å². The van der Waals surface area contributed by atoms with E-state index in [2.05, 4.69) is 0 Å². The number of carboxylic acids is 1. The van der Waals surface area contributed by atoms with Gasteiger partial charge in [-0.15, -0.1) is 0 Å². The predicted octanol–water partition coefficient (Wildman–Crippen LogP) is 1.92. The fourth-order valence-electron chi connectivity index (χ4n) is 2.15. The van der Waals surface area contributed by atoms with Crippen molar-refractivity contribution < 1.29 is 24.2 Å². The number of carbonyl (C=O) groups excluding carboxylic acids is 1. The number of hydrogen-bond acceptors (Lipinski definition) is 4. The zero-order valence-electron chi connectivity index (χ0n) is 13.4. The zero-order chi connectivity index (χ0) is 16.7. The molecule has 1 amide bonds. The van der Waals surface area contributed by atoms with Crippen LogP contribution < -0.4 is 0 Å². The number of rotatable bonds is 8. The number of benzene rings is 1. The topological polar surface area (TPSA) is 76.1 Å². The average molecular weight is 309 g/mol. The van der Waals surface area contributed by atoms with E-state index in [0.29, 0.717) is 5.56 Å². The van der Waals surface area contributed by atoms with Gasteiger partial charge in [0, 0.05) is 20.1 Å². The van der Waals surface area contributed by atoms with Crippen LogP contribution in [0.5, 0.6) is 0 Å². The summed E-state index contributed by atoms with van der Waals surface area (Å²) in [5.74, 6) is -1.69. The van der Waals surface area contributed by atoms with Crippen molar-refractivity contribution in [2.75, 3.05) is 20.8 Å². The Hall–Kier alpha value is -1.92. The van der Waals surface area contributed by atoms with Crippen molar-refractivity contribution in [3.05, 3.63) is 35.9 Å². The maximum Gasteiger partial charge on any atom is 0.331 e. The maximum atomic E-state index is 12.5. The van der Waals surface area contributed by atoms with Crippen molar-refractivity contribution in [1.29, 1.82) is 0 Å². The second-order valence-corrected chi connectivity index (χ2v) is 5.20. The van der Waals surface area contributed by atoms with Crippen molar-refractivity contribution in [1.82, 2.24) is 4.90 Å². The molecule has 6 nitrogen and oxygen atoms in total. The van der Waals surface area contributed by atoms with Gasteiger partial charge in [-0.2, -0.15) is 0 Å². The second kappa shape index (κ2) is 8.51. The van der Waals surface area contributed by atoms with Gasteiger partial charge in [-0.25, -0.2) is 4.79 Å². The van der Waals surface area contributed by atoms with E-state index < -0.39 is 18.3 Å². The highest BCUT2D eigenvalue weighted by Crippen LogP contribution is 2.24. The maximum absolute atomic E-state index is 12.5. The van der Waals surface area contributed by atoms with Gasteiger partial charge in [-0.05, 0) is 5.56 Å². The summed E-state index contributed by atoms with van der Waals surface area (Å²) < 4.78 is 10.2. The number of carboxylic acid groups (broad SMARTS) is 1. The van der Waals surface area contributed by atoms with Gasteiger partial charge >= 0.3 is 5.97 Å². The van der Waals surface area contributed by atoms with E-state index in [1.165, 1.54) is 19.1 Å². The highest BCUT2D eigenvalue weighted by Gasteiger charge is 2.34. The van der Waals surface area contributed by atoms with Crippen molar-refractivity contribution in [3.8, 4) is 0 Å². The Labute approximate surface area is 130 Å². The molecule has 122 valence electrons. The van der Waals surface area contributed by atoms with Gasteiger partial charge in [0.2, 0.25) is 5.91 Å². The van der Waals surface area contributed by atoms with Gasteiger partial charge in [0.15, 0.2) is 12.3 Å². The van der Waals surface area contributed by atoms with E-state index in [1.807, 2.05) is 0 Å². The van der Waals surface area contributed by atoms with Gasteiger partial charge in [0.25, 0.3) is 0 Å².